The Balaban J connectivity index is 1.69. The minimum atomic E-state index is -0.218. The first kappa shape index (κ1) is 18.0. The summed E-state index contributed by atoms with van der Waals surface area (Å²) in [6.45, 7) is 1.95. The van der Waals surface area contributed by atoms with Crippen molar-refractivity contribution in [2.24, 2.45) is 0 Å². The second kappa shape index (κ2) is 8.08. The quantitative estimate of drug-likeness (QED) is 0.735. The molecule has 0 radical (unpaired) electrons. The van der Waals surface area contributed by atoms with Crippen molar-refractivity contribution in [1.82, 2.24) is 20.2 Å². The van der Waals surface area contributed by atoms with Crippen LogP contribution in [0.25, 0.3) is 5.69 Å². The summed E-state index contributed by atoms with van der Waals surface area (Å²) in [5.74, 6) is 0.320. The lowest BCUT2D eigenvalue weighted by Gasteiger charge is -2.30. The van der Waals surface area contributed by atoms with Gasteiger partial charge in [-0.2, -0.15) is 0 Å². The third-order valence-electron chi connectivity index (χ3n) is 4.89. The van der Waals surface area contributed by atoms with E-state index in [1.54, 1.807) is 23.9 Å². The third-order valence-corrected chi connectivity index (χ3v) is 4.89. The van der Waals surface area contributed by atoms with Crippen LogP contribution in [0.15, 0.2) is 48.8 Å². The van der Waals surface area contributed by atoms with E-state index in [9.17, 15) is 4.79 Å². The Bertz CT molecular complexity index is 951. The fraction of sp³-hybridized carbons (Fsp3) is 0.300. The maximum absolute atomic E-state index is 13.0. The van der Waals surface area contributed by atoms with Crippen molar-refractivity contribution in [1.29, 1.82) is 0 Å². The van der Waals surface area contributed by atoms with Gasteiger partial charge in [-0.15, -0.1) is 5.10 Å². The lowest BCUT2D eigenvalue weighted by Crippen LogP contribution is -2.30. The summed E-state index contributed by atoms with van der Waals surface area (Å²) in [4.78, 5) is 15.3. The molecule has 1 saturated heterocycles. The van der Waals surface area contributed by atoms with Crippen molar-refractivity contribution in [3.05, 3.63) is 54.4 Å². The first-order valence-electron chi connectivity index (χ1n) is 9.33. The normalized spacial score (nSPS) is 14.0. The van der Waals surface area contributed by atoms with E-state index >= 15 is 0 Å². The number of rotatable bonds is 5. The summed E-state index contributed by atoms with van der Waals surface area (Å²) in [6.07, 6.45) is 5.06. The van der Waals surface area contributed by atoms with E-state index in [0.29, 0.717) is 11.3 Å². The van der Waals surface area contributed by atoms with Crippen molar-refractivity contribution in [3.63, 3.8) is 0 Å². The van der Waals surface area contributed by atoms with Crippen LogP contribution in [0.3, 0.4) is 0 Å². The number of aromatic nitrogens is 4. The summed E-state index contributed by atoms with van der Waals surface area (Å²) in [5, 5.41) is 14.4. The van der Waals surface area contributed by atoms with Gasteiger partial charge in [0.25, 0.3) is 5.91 Å². The van der Waals surface area contributed by atoms with Crippen molar-refractivity contribution in [2.45, 2.75) is 19.3 Å². The minimum absolute atomic E-state index is 0.218. The average molecular weight is 378 g/mol. The van der Waals surface area contributed by atoms with Crippen LogP contribution in [0.5, 0.6) is 5.75 Å². The Hall–Kier alpha value is -3.42. The highest BCUT2D eigenvalue weighted by atomic mass is 16.5. The van der Waals surface area contributed by atoms with Crippen molar-refractivity contribution < 1.29 is 9.53 Å². The first-order chi connectivity index (χ1) is 13.8. The predicted octanol–water partition coefficient (Wildman–Crippen LogP) is 2.91. The molecule has 2 heterocycles. The summed E-state index contributed by atoms with van der Waals surface area (Å²) < 4.78 is 6.90. The highest BCUT2D eigenvalue weighted by Crippen LogP contribution is 2.31. The Kier molecular flexibility index (Phi) is 5.18. The number of piperidine rings is 1. The summed E-state index contributed by atoms with van der Waals surface area (Å²) in [5.41, 5.74) is 2.99. The molecule has 0 atom stereocenters. The van der Waals surface area contributed by atoms with Crippen LogP contribution in [0.4, 0.5) is 11.4 Å². The Morgan fingerprint density at radius 2 is 1.93 bits per heavy atom. The Labute approximate surface area is 163 Å². The van der Waals surface area contributed by atoms with Crippen LogP contribution in [0.1, 0.15) is 29.6 Å². The van der Waals surface area contributed by atoms with Crippen LogP contribution in [0.2, 0.25) is 0 Å². The molecule has 0 saturated carbocycles. The van der Waals surface area contributed by atoms with Gasteiger partial charge in [0.2, 0.25) is 0 Å². The zero-order chi connectivity index (χ0) is 19.3. The SMILES string of the molecule is COc1ccccc1C(=O)Nc1cc(-n2cnnn2)ccc1N1CCCCC1. The second-order valence-corrected chi connectivity index (χ2v) is 6.66. The number of carbonyl (C=O) groups excluding carboxylic acids is 1. The molecular weight excluding hydrogens is 356 g/mol. The Morgan fingerprint density at radius 1 is 1.11 bits per heavy atom. The number of carbonyl (C=O) groups is 1. The van der Waals surface area contributed by atoms with E-state index in [1.165, 1.54) is 12.7 Å². The molecule has 0 spiro atoms. The molecule has 1 fully saturated rings. The first-order valence-corrected chi connectivity index (χ1v) is 9.33. The summed E-state index contributed by atoms with van der Waals surface area (Å²) in [6, 6.07) is 13.1. The molecule has 0 unspecified atom stereocenters. The highest BCUT2D eigenvalue weighted by Gasteiger charge is 2.19. The second-order valence-electron chi connectivity index (χ2n) is 6.66. The monoisotopic (exact) mass is 378 g/mol. The van der Waals surface area contributed by atoms with Crippen LogP contribution < -0.4 is 15.0 Å². The molecule has 8 heteroatoms. The van der Waals surface area contributed by atoms with Gasteiger partial charge in [0.15, 0.2) is 0 Å². The zero-order valence-electron chi connectivity index (χ0n) is 15.7. The number of amides is 1. The maximum Gasteiger partial charge on any atom is 0.259 e. The number of methoxy groups -OCH3 is 1. The average Bonchev–Trinajstić information content (AvgIpc) is 3.29. The van der Waals surface area contributed by atoms with Gasteiger partial charge in [-0.05, 0) is 60.0 Å². The molecule has 144 valence electrons. The number of nitrogens with one attached hydrogen (secondary N) is 1. The van der Waals surface area contributed by atoms with E-state index in [2.05, 4.69) is 25.7 Å². The number of hydrogen-bond donors (Lipinski definition) is 1. The molecule has 1 amide bonds. The molecule has 0 bridgehead atoms. The topological polar surface area (TPSA) is 85.2 Å². The lowest BCUT2D eigenvalue weighted by molar-refractivity contribution is 0.102. The number of hydrogen-bond acceptors (Lipinski definition) is 6. The molecule has 2 aromatic carbocycles. The van der Waals surface area contributed by atoms with Crippen molar-refractivity contribution in [2.75, 3.05) is 30.4 Å². The van der Waals surface area contributed by atoms with E-state index in [4.69, 9.17) is 4.74 Å². The molecule has 1 N–H and O–H groups in total. The molecule has 1 aromatic heterocycles. The standard InChI is InChI=1S/C20H22N6O2/c1-28-19-8-4-3-7-16(19)20(27)22-17-13-15(26-14-21-23-24-26)9-10-18(17)25-11-5-2-6-12-25/h3-4,7-10,13-14H,2,5-6,11-12H2,1H3,(H,22,27). The van der Waals surface area contributed by atoms with Gasteiger partial charge in [-0.1, -0.05) is 12.1 Å². The van der Waals surface area contributed by atoms with Gasteiger partial charge in [0.1, 0.15) is 12.1 Å². The molecule has 3 aromatic rings. The molecule has 4 rings (SSSR count). The molecule has 0 aliphatic carbocycles. The van der Waals surface area contributed by atoms with Crippen molar-refractivity contribution in [3.8, 4) is 11.4 Å². The number of para-hydroxylation sites is 1. The minimum Gasteiger partial charge on any atom is -0.496 e. The number of anilines is 2. The fourth-order valence-electron chi connectivity index (χ4n) is 3.48. The van der Waals surface area contributed by atoms with Crippen LogP contribution in [-0.4, -0.2) is 46.3 Å². The van der Waals surface area contributed by atoms with E-state index in [0.717, 1.165) is 43.0 Å². The molecule has 8 nitrogen and oxygen atoms in total. The molecule has 1 aliphatic rings. The number of tetrazole rings is 1. The summed E-state index contributed by atoms with van der Waals surface area (Å²) >= 11 is 0. The smallest absolute Gasteiger partial charge is 0.259 e. The third kappa shape index (κ3) is 3.66. The highest BCUT2D eigenvalue weighted by molar-refractivity contribution is 6.07. The maximum atomic E-state index is 13.0. The van der Waals surface area contributed by atoms with Crippen LogP contribution in [0, 0.1) is 0 Å². The lowest BCUT2D eigenvalue weighted by atomic mass is 10.1. The number of benzene rings is 2. The largest absolute Gasteiger partial charge is 0.496 e. The van der Waals surface area contributed by atoms with Gasteiger partial charge in [0, 0.05) is 13.1 Å². The predicted molar refractivity (Wildman–Crippen MR) is 106 cm³/mol. The number of nitrogens with zero attached hydrogens (tertiary/aromatic N) is 5. The summed E-state index contributed by atoms with van der Waals surface area (Å²) in [7, 11) is 1.56. The van der Waals surface area contributed by atoms with Gasteiger partial charge in [-0.3, -0.25) is 4.79 Å². The fourth-order valence-corrected chi connectivity index (χ4v) is 3.48. The zero-order valence-corrected chi connectivity index (χ0v) is 15.7. The van der Waals surface area contributed by atoms with Gasteiger partial charge >= 0.3 is 0 Å². The van der Waals surface area contributed by atoms with E-state index in [1.807, 2.05) is 30.3 Å². The van der Waals surface area contributed by atoms with E-state index < -0.39 is 0 Å². The Morgan fingerprint density at radius 3 is 2.68 bits per heavy atom. The molecule has 28 heavy (non-hydrogen) atoms. The van der Waals surface area contributed by atoms with Crippen LogP contribution >= 0.6 is 0 Å². The van der Waals surface area contributed by atoms with Crippen LogP contribution in [-0.2, 0) is 0 Å². The molecular formula is C20H22N6O2. The van der Waals surface area contributed by atoms with Gasteiger partial charge < -0.3 is 15.0 Å². The van der Waals surface area contributed by atoms with Crippen molar-refractivity contribution >= 4 is 17.3 Å². The van der Waals surface area contributed by atoms with E-state index in [-0.39, 0.29) is 5.91 Å². The van der Waals surface area contributed by atoms with Gasteiger partial charge in [-0.25, -0.2) is 4.68 Å². The number of ether oxygens (including phenoxy) is 1. The van der Waals surface area contributed by atoms with Gasteiger partial charge in [0.05, 0.1) is 29.7 Å². The molecule has 1 aliphatic heterocycles.